The van der Waals surface area contributed by atoms with E-state index in [4.69, 9.17) is 9.15 Å². The maximum Gasteiger partial charge on any atom is 0.204 e. The Morgan fingerprint density at radius 3 is 2.50 bits per heavy atom. The topological polar surface area (TPSA) is 113 Å². The Labute approximate surface area is 196 Å². The normalized spacial score (nSPS) is 12.6. The predicted octanol–water partition coefficient (Wildman–Crippen LogP) is 3.80. The number of sulfone groups is 1. The third-order valence-corrected chi connectivity index (χ3v) is 6.97. The third-order valence-electron chi connectivity index (χ3n) is 5.27. The van der Waals surface area contributed by atoms with Crippen molar-refractivity contribution in [2.75, 3.05) is 12.9 Å². The maximum absolute atomic E-state index is 13.2. The van der Waals surface area contributed by atoms with E-state index in [1.54, 1.807) is 36.8 Å². The first kappa shape index (κ1) is 23.6. The third kappa shape index (κ3) is 4.84. The highest BCUT2D eigenvalue weighted by molar-refractivity contribution is 7.90. The van der Waals surface area contributed by atoms with Crippen LogP contribution in [0.15, 0.2) is 47.1 Å². The van der Waals surface area contributed by atoms with Gasteiger partial charge in [0, 0.05) is 5.92 Å². The highest BCUT2D eigenvalue weighted by atomic mass is 32.2. The number of methoxy groups -OCH3 is 1. The molecule has 0 bridgehead atoms. The van der Waals surface area contributed by atoms with Crippen molar-refractivity contribution in [1.29, 1.82) is 0 Å². The second-order valence-corrected chi connectivity index (χ2v) is 10.1. The first-order chi connectivity index (χ1) is 16.2. The summed E-state index contributed by atoms with van der Waals surface area (Å²) in [6, 6.07) is 9.07. The van der Waals surface area contributed by atoms with E-state index < -0.39 is 21.6 Å². The Balaban J connectivity index is 1.75. The highest BCUT2D eigenvalue weighted by Gasteiger charge is 2.27. The number of rotatable bonds is 8. The van der Waals surface area contributed by atoms with Gasteiger partial charge in [-0.25, -0.2) is 22.8 Å². The van der Waals surface area contributed by atoms with Gasteiger partial charge in [-0.2, -0.15) is 0 Å². The molecule has 0 aliphatic rings. The fourth-order valence-electron chi connectivity index (χ4n) is 3.73. The number of aryl methyl sites for hydroxylation is 2. The summed E-state index contributed by atoms with van der Waals surface area (Å²) in [5.74, 6) is 0.742. The molecule has 1 aromatic carbocycles. The van der Waals surface area contributed by atoms with Crippen LogP contribution in [-0.4, -0.2) is 46.0 Å². The summed E-state index contributed by atoms with van der Waals surface area (Å²) in [5, 5.41) is 8.47. The largest absolute Gasteiger partial charge is 0.495 e. The molecule has 0 unspecified atom stereocenters. The summed E-state index contributed by atoms with van der Waals surface area (Å²) >= 11 is 0. The lowest BCUT2D eigenvalue weighted by Gasteiger charge is -2.16. The van der Waals surface area contributed by atoms with Crippen LogP contribution in [0.1, 0.15) is 35.8 Å². The van der Waals surface area contributed by atoms with Crippen molar-refractivity contribution in [2.45, 2.75) is 32.4 Å². The number of hydrogen-bond acceptors (Lipinski definition) is 8. The second kappa shape index (κ2) is 9.34. The molecule has 0 saturated heterocycles. The van der Waals surface area contributed by atoms with Crippen LogP contribution < -0.4 is 4.74 Å². The van der Waals surface area contributed by atoms with E-state index in [2.05, 4.69) is 20.2 Å². The lowest BCUT2D eigenvalue weighted by molar-refractivity contribution is 0.412. The van der Waals surface area contributed by atoms with Gasteiger partial charge in [0.15, 0.2) is 27.2 Å². The first-order valence-corrected chi connectivity index (χ1v) is 12.3. The van der Waals surface area contributed by atoms with E-state index in [0.29, 0.717) is 28.8 Å². The van der Waals surface area contributed by atoms with Crippen molar-refractivity contribution in [1.82, 2.24) is 24.7 Å². The Morgan fingerprint density at radius 2 is 1.85 bits per heavy atom. The summed E-state index contributed by atoms with van der Waals surface area (Å²) < 4.78 is 52.4. The highest BCUT2D eigenvalue weighted by Crippen LogP contribution is 2.33. The smallest absolute Gasteiger partial charge is 0.204 e. The number of nitrogens with zero attached hydrogens (tertiary/aromatic N) is 5. The Morgan fingerprint density at radius 1 is 1.12 bits per heavy atom. The van der Waals surface area contributed by atoms with Crippen LogP contribution in [0.25, 0.3) is 17.3 Å². The monoisotopic (exact) mass is 485 g/mol. The van der Waals surface area contributed by atoms with Crippen LogP contribution in [-0.2, 0) is 15.6 Å². The van der Waals surface area contributed by atoms with E-state index in [-0.39, 0.29) is 23.2 Å². The number of ether oxygens (including phenoxy) is 1. The molecule has 0 aliphatic heterocycles. The van der Waals surface area contributed by atoms with Crippen LogP contribution in [0.2, 0.25) is 0 Å². The number of halogens is 1. The molecular formula is C23H24FN5O4S. The van der Waals surface area contributed by atoms with Crippen molar-refractivity contribution in [3.63, 3.8) is 0 Å². The van der Waals surface area contributed by atoms with Gasteiger partial charge in [0.2, 0.25) is 5.82 Å². The zero-order chi connectivity index (χ0) is 24.5. The zero-order valence-electron chi connectivity index (χ0n) is 19.2. The molecule has 1 atom stereocenters. The molecule has 4 rings (SSSR count). The molecule has 9 nitrogen and oxygen atoms in total. The molecule has 34 heavy (non-hydrogen) atoms. The van der Waals surface area contributed by atoms with E-state index in [0.717, 1.165) is 18.0 Å². The molecule has 0 aliphatic carbocycles. The SMILES string of the molecule is COc1cccc(C)c1-n1c(CS(=O)(=O)C[C@@H](C)c2ncc(F)cn2)nnc1-c1ccc(C)o1. The van der Waals surface area contributed by atoms with Gasteiger partial charge in [0.05, 0.1) is 30.9 Å². The number of hydrogen-bond donors (Lipinski definition) is 0. The van der Waals surface area contributed by atoms with E-state index in [9.17, 15) is 12.8 Å². The fraction of sp³-hybridized carbons (Fsp3) is 0.304. The summed E-state index contributed by atoms with van der Waals surface area (Å²) in [6.07, 6.45) is 2.04. The minimum absolute atomic E-state index is 0.212. The first-order valence-electron chi connectivity index (χ1n) is 10.5. The number of furan rings is 1. The molecule has 178 valence electrons. The Bertz CT molecular complexity index is 1410. The lowest BCUT2D eigenvalue weighted by atomic mass is 10.1. The minimum Gasteiger partial charge on any atom is -0.495 e. The molecule has 0 spiro atoms. The molecule has 0 fully saturated rings. The summed E-state index contributed by atoms with van der Waals surface area (Å²) in [6.45, 7) is 5.38. The van der Waals surface area contributed by atoms with Gasteiger partial charge in [-0.1, -0.05) is 19.1 Å². The molecule has 0 saturated carbocycles. The van der Waals surface area contributed by atoms with Crippen LogP contribution in [0.4, 0.5) is 4.39 Å². The molecule has 0 N–H and O–H groups in total. The fourth-order valence-corrected chi connectivity index (χ4v) is 5.34. The van der Waals surface area contributed by atoms with Gasteiger partial charge in [0.1, 0.15) is 23.1 Å². The zero-order valence-corrected chi connectivity index (χ0v) is 20.0. The standard InChI is InChI=1S/C23H24FN5O4S/c1-14-6-5-7-18(32-4)21(14)29-20(27-28-23(29)19-9-8-16(3)33-19)13-34(30,31)12-15(2)22-25-10-17(24)11-26-22/h5-11,15H,12-13H2,1-4H3/t15-/m1/s1. The minimum atomic E-state index is -3.69. The van der Waals surface area contributed by atoms with Crippen molar-refractivity contribution in [3.05, 3.63) is 71.5 Å². The van der Waals surface area contributed by atoms with Gasteiger partial charge >= 0.3 is 0 Å². The van der Waals surface area contributed by atoms with E-state index in [1.165, 1.54) is 0 Å². The van der Waals surface area contributed by atoms with Gasteiger partial charge in [-0.15, -0.1) is 10.2 Å². The van der Waals surface area contributed by atoms with E-state index >= 15 is 0 Å². The molecule has 3 aromatic heterocycles. The lowest BCUT2D eigenvalue weighted by Crippen LogP contribution is -2.19. The molecule has 3 heterocycles. The van der Waals surface area contributed by atoms with Crippen LogP contribution >= 0.6 is 0 Å². The van der Waals surface area contributed by atoms with Crippen LogP contribution in [0.3, 0.4) is 0 Å². The van der Waals surface area contributed by atoms with Gasteiger partial charge in [0.25, 0.3) is 0 Å². The molecule has 0 radical (unpaired) electrons. The quantitative estimate of drug-likeness (QED) is 0.370. The molecule has 4 aromatic rings. The summed E-state index contributed by atoms with van der Waals surface area (Å²) in [7, 11) is -2.15. The van der Waals surface area contributed by atoms with Crippen molar-refractivity contribution in [3.8, 4) is 23.0 Å². The average molecular weight is 486 g/mol. The van der Waals surface area contributed by atoms with Gasteiger partial charge in [-0.05, 0) is 37.6 Å². The number of para-hydroxylation sites is 1. The average Bonchev–Trinajstić information content (AvgIpc) is 3.39. The van der Waals surface area contributed by atoms with Crippen molar-refractivity contribution in [2.24, 2.45) is 0 Å². The van der Waals surface area contributed by atoms with Crippen molar-refractivity contribution >= 4 is 9.84 Å². The predicted molar refractivity (Wildman–Crippen MR) is 123 cm³/mol. The number of aromatic nitrogens is 5. The van der Waals surface area contributed by atoms with Crippen LogP contribution in [0.5, 0.6) is 5.75 Å². The van der Waals surface area contributed by atoms with E-state index in [1.807, 2.05) is 26.0 Å². The Hall–Kier alpha value is -3.60. The molecule has 11 heteroatoms. The number of benzene rings is 1. The summed E-state index contributed by atoms with van der Waals surface area (Å²) in [4.78, 5) is 7.80. The Kier molecular flexibility index (Phi) is 6.47. The van der Waals surface area contributed by atoms with Gasteiger partial charge in [-0.3, -0.25) is 4.57 Å². The van der Waals surface area contributed by atoms with Crippen molar-refractivity contribution < 1.29 is 22.0 Å². The second-order valence-electron chi connectivity index (χ2n) is 8.03. The molecular weight excluding hydrogens is 461 g/mol. The summed E-state index contributed by atoms with van der Waals surface area (Å²) in [5.41, 5.74) is 1.47. The van der Waals surface area contributed by atoms with Gasteiger partial charge < -0.3 is 9.15 Å². The maximum atomic E-state index is 13.2. The van der Waals surface area contributed by atoms with Crippen LogP contribution in [0, 0.1) is 19.7 Å². The molecule has 0 amide bonds.